The largest absolute Gasteiger partial charge is 0.417 e. The van der Waals surface area contributed by atoms with Crippen molar-refractivity contribution >= 4 is 39.0 Å². The van der Waals surface area contributed by atoms with Crippen molar-refractivity contribution < 1.29 is 18.0 Å². The first-order chi connectivity index (χ1) is 9.71. The SMILES string of the molecule is NC(=S)CCCCNC(=O)c1ccc(Br)c(C(F)(F)F)c1. The van der Waals surface area contributed by atoms with Crippen LogP contribution in [0.15, 0.2) is 22.7 Å². The molecular weight excluding hydrogens is 369 g/mol. The Labute approximate surface area is 134 Å². The first-order valence-electron chi connectivity index (χ1n) is 6.15. The van der Waals surface area contributed by atoms with Crippen molar-refractivity contribution in [2.75, 3.05) is 6.54 Å². The highest BCUT2D eigenvalue weighted by molar-refractivity contribution is 9.10. The number of amides is 1. The molecule has 0 atom stereocenters. The third-order valence-corrected chi connectivity index (χ3v) is 3.57. The van der Waals surface area contributed by atoms with E-state index in [9.17, 15) is 18.0 Å². The molecule has 0 heterocycles. The summed E-state index contributed by atoms with van der Waals surface area (Å²) in [6, 6.07) is 3.38. The summed E-state index contributed by atoms with van der Waals surface area (Å²) in [7, 11) is 0. The number of alkyl halides is 3. The van der Waals surface area contributed by atoms with E-state index in [1.165, 1.54) is 12.1 Å². The molecule has 1 amide bonds. The van der Waals surface area contributed by atoms with Crippen molar-refractivity contribution in [1.82, 2.24) is 5.32 Å². The number of hydrogen-bond acceptors (Lipinski definition) is 2. The summed E-state index contributed by atoms with van der Waals surface area (Å²) in [6.07, 6.45) is -2.54. The Morgan fingerprint density at radius 2 is 2.00 bits per heavy atom. The second-order valence-corrected chi connectivity index (χ2v) is 5.75. The van der Waals surface area contributed by atoms with Crippen LogP contribution in [0.3, 0.4) is 0 Å². The predicted octanol–water partition coefficient (Wildman–Crippen LogP) is 3.65. The Kier molecular flexibility index (Phi) is 6.60. The number of benzene rings is 1. The van der Waals surface area contributed by atoms with Gasteiger partial charge in [0.1, 0.15) is 0 Å². The molecule has 0 radical (unpaired) electrons. The van der Waals surface area contributed by atoms with Crippen molar-refractivity contribution in [2.24, 2.45) is 5.73 Å². The zero-order chi connectivity index (χ0) is 16.0. The molecule has 1 aromatic rings. The van der Waals surface area contributed by atoms with Crippen molar-refractivity contribution in [2.45, 2.75) is 25.4 Å². The van der Waals surface area contributed by atoms with Gasteiger partial charge in [-0.25, -0.2) is 0 Å². The zero-order valence-corrected chi connectivity index (χ0v) is 13.4. The second-order valence-electron chi connectivity index (χ2n) is 4.37. The van der Waals surface area contributed by atoms with E-state index in [4.69, 9.17) is 18.0 Å². The predicted molar refractivity (Wildman–Crippen MR) is 82.1 cm³/mol. The average molecular weight is 383 g/mol. The van der Waals surface area contributed by atoms with Gasteiger partial charge in [0.15, 0.2) is 0 Å². The fourth-order valence-corrected chi connectivity index (χ4v) is 2.23. The molecule has 0 unspecified atom stereocenters. The number of halogens is 4. The van der Waals surface area contributed by atoms with Crippen LogP contribution < -0.4 is 11.1 Å². The Morgan fingerprint density at radius 1 is 1.33 bits per heavy atom. The minimum absolute atomic E-state index is 0.0279. The summed E-state index contributed by atoms with van der Waals surface area (Å²) >= 11 is 7.54. The van der Waals surface area contributed by atoms with Gasteiger partial charge in [-0.1, -0.05) is 28.1 Å². The number of unbranched alkanes of at least 4 members (excludes halogenated alkanes) is 1. The molecule has 0 saturated heterocycles. The van der Waals surface area contributed by atoms with E-state index in [1.54, 1.807) is 0 Å². The summed E-state index contributed by atoms with van der Waals surface area (Å²) < 4.78 is 38.1. The molecule has 0 aliphatic rings. The molecule has 0 aliphatic carbocycles. The first kappa shape index (κ1) is 17.9. The summed E-state index contributed by atoms with van der Waals surface area (Å²) in [5, 5.41) is 2.57. The number of hydrogen-bond donors (Lipinski definition) is 2. The van der Waals surface area contributed by atoms with E-state index in [2.05, 4.69) is 21.2 Å². The summed E-state index contributed by atoms with van der Waals surface area (Å²) in [6.45, 7) is 0.360. The van der Waals surface area contributed by atoms with E-state index in [-0.39, 0.29) is 10.0 Å². The van der Waals surface area contributed by atoms with Crippen LogP contribution in [0.25, 0.3) is 0 Å². The van der Waals surface area contributed by atoms with E-state index in [0.717, 1.165) is 12.5 Å². The molecule has 3 N–H and O–H groups in total. The Bertz CT molecular complexity index is 535. The lowest BCUT2D eigenvalue weighted by Crippen LogP contribution is -2.25. The van der Waals surface area contributed by atoms with Gasteiger partial charge < -0.3 is 11.1 Å². The van der Waals surface area contributed by atoms with Crippen molar-refractivity contribution in [3.05, 3.63) is 33.8 Å². The molecule has 0 fully saturated rings. The molecule has 0 saturated carbocycles. The number of thiocarbonyl (C=S) groups is 1. The zero-order valence-electron chi connectivity index (χ0n) is 11.0. The Hall–Kier alpha value is -1.15. The Balaban J connectivity index is 2.61. The molecule has 1 aromatic carbocycles. The van der Waals surface area contributed by atoms with Gasteiger partial charge in [0.2, 0.25) is 0 Å². The highest BCUT2D eigenvalue weighted by Crippen LogP contribution is 2.35. The fourth-order valence-electron chi connectivity index (χ4n) is 1.61. The van der Waals surface area contributed by atoms with Crippen LogP contribution in [0.1, 0.15) is 35.2 Å². The summed E-state index contributed by atoms with van der Waals surface area (Å²) in [5.74, 6) is -0.539. The van der Waals surface area contributed by atoms with E-state index >= 15 is 0 Å². The van der Waals surface area contributed by atoms with Crippen LogP contribution in [0.2, 0.25) is 0 Å². The molecule has 21 heavy (non-hydrogen) atoms. The standard InChI is InChI=1S/C13H14BrF3N2OS/c14-10-5-4-8(7-9(10)13(15,16)17)12(20)19-6-2-1-3-11(18)21/h4-5,7H,1-3,6H2,(H2,18,21)(H,19,20). The summed E-state index contributed by atoms with van der Waals surface area (Å²) in [4.78, 5) is 12.2. The lowest BCUT2D eigenvalue weighted by Gasteiger charge is -2.11. The molecule has 0 spiro atoms. The average Bonchev–Trinajstić information content (AvgIpc) is 2.36. The maximum absolute atomic E-state index is 12.7. The molecule has 0 aromatic heterocycles. The highest BCUT2D eigenvalue weighted by Gasteiger charge is 2.33. The van der Waals surface area contributed by atoms with Crippen molar-refractivity contribution in [1.29, 1.82) is 0 Å². The summed E-state index contributed by atoms with van der Waals surface area (Å²) in [5.41, 5.74) is 4.43. The van der Waals surface area contributed by atoms with Gasteiger partial charge >= 0.3 is 6.18 Å². The minimum Gasteiger partial charge on any atom is -0.393 e. The lowest BCUT2D eigenvalue weighted by molar-refractivity contribution is -0.138. The number of nitrogens with two attached hydrogens (primary N) is 1. The van der Waals surface area contributed by atoms with Gasteiger partial charge in [-0.2, -0.15) is 13.2 Å². The van der Waals surface area contributed by atoms with Crippen LogP contribution in [0, 0.1) is 0 Å². The first-order valence-corrected chi connectivity index (χ1v) is 7.35. The lowest BCUT2D eigenvalue weighted by atomic mass is 10.1. The molecule has 116 valence electrons. The van der Waals surface area contributed by atoms with Gasteiger partial charge in [-0.3, -0.25) is 4.79 Å². The van der Waals surface area contributed by atoms with Crippen molar-refractivity contribution in [3.8, 4) is 0 Å². The smallest absolute Gasteiger partial charge is 0.393 e. The van der Waals surface area contributed by atoms with E-state index in [1.807, 2.05) is 0 Å². The van der Waals surface area contributed by atoms with Crippen LogP contribution in [-0.2, 0) is 6.18 Å². The third-order valence-electron chi connectivity index (χ3n) is 2.67. The van der Waals surface area contributed by atoms with Gasteiger partial charge in [0.05, 0.1) is 10.6 Å². The monoisotopic (exact) mass is 382 g/mol. The fraction of sp³-hybridized carbons (Fsp3) is 0.385. The van der Waals surface area contributed by atoms with E-state index < -0.39 is 17.6 Å². The maximum Gasteiger partial charge on any atom is 0.417 e. The van der Waals surface area contributed by atoms with E-state index in [0.29, 0.717) is 24.4 Å². The maximum atomic E-state index is 12.7. The van der Waals surface area contributed by atoms with Gasteiger partial charge in [0, 0.05) is 16.6 Å². The highest BCUT2D eigenvalue weighted by atomic mass is 79.9. The van der Waals surface area contributed by atoms with Gasteiger partial charge in [-0.15, -0.1) is 0 Å². The molecule has 1 rings (SSSR count). The molecule has 8 heteroatoms. The topological polar surface area (TPSA) is 55.1 Å². The normalized spacial score (nSPS) is 11.2. The number of rotatable bonds is 6. The van der Waals surface area contributed by atoms with Gasteiger partial charge in [-0.05, 0) is 37.5 Å². The molecule has 0 bridgehead atoms. The van der Waals surface area contributed by atoms with Crippen LogP contribution >= 0.6 is 28.1 Å². The number of nitrogens with one attached hydrogen (secondary N) is 1. The molecule has 0 aliphatic heterocycles. The quantitative estimate of drug-likeness (QED) is 0.583. The Morgan fingerprint density at radius 3 is 2.57 bits per heavy atom. The molecular formula is C13H14BrF3N2OS. The van der Waals surface area contributed by atoms with Gasteiger partial charge in [0.25, 0.3) is 5.91 Å². The minimum atomic E-state index is -4.51. The van der Waals surface area contributed by atoms with Crippen molar-refractivity contribution in [3.63, 3.8) is 0 Å². The van der Waals surface area contributed by atoms with Crippen LogP contribution in [0.4, 0.5) is 13.2 Å². The number of carbonyl (C=O) groups excluding carboxylic acids is 1. The second kappa shape index (κ2) is 7.74. The molecule has 3 nitrogen and oxygen atoms in total. The van der Waals surface area contributed by atoms with Crippen LogP contribution in [0.5, 0.6) is 0 Å². The third kappa shape index (κ3) is 6.01. The number of carbonyl (C=O) groups is 1. The van der Waals surface area contributed by atoms with Crippen LogP contribution in [-0.4, -0.2) is 17.4 Å².